The van der Waals surface area contributed by atoms with Crippen molar-refractivity contribution in [3.05, 3.63) is 42.1 Å². The highest BCUT2D eigenvalue weighted by Crippen LogP contribution is 2.60. The standard InChI is InChI=1S/C25H33N5O3/c1-2-33-24(32)30-14-12-29(13-15-30)23(31)21-16-25(21)8-10-28(11-9-25)18-20-17-26-27-22(20)19-6-4-3-5-7-19/h3-7,17,21H,2,8-16,18H2,1H3,(H,26,27)/t21-/m1/s1. The van der Waals surface area contributed by atoms with Crippen LogP contribution in [0.15, 0.2) is 36.5 Å². The fraction of sp³-hybridized carbons (Fsp3) is 0.560. The highest BCUT2D eigenvalue weighted by Gasteiger charge is 2.59. The summed E-state index contributed by atoms with van der Waals surface area (Å²) in [7, 11) is 0. The number of ether oxygens (including phenoxy) is 1. The summed E-state index contributed by atoms with van der Waals surface area (Å²) in [6.45, 7) is 7.45. The molecular weight excluding hydrogens is 418 g/mol. The summed E-state index contributed by atoms with van der Waals surface area (Å²) in [6.07, 6.45) is 4.83. The smallest absolute Gasteiger partial charge is 0.409 e. The van der Waals surface area contributed by atoms with Crippen molar-refractivity contribution in [2.24, 2.45) is 11.3 Å². The molecule has 176 valence electrons. The molecule has 33 heavy (non-hydrogen) atoms. The van der Waals surface area contributed by atoms with Crippen LogP contribution in [-0.2, 0) is 16.1 Å². The minimum Gasteiger partial charge on any atom is -0.450 e. The van der Waals surface area contributed by atoms with Crippen molar-refractivity contribution < 1.29 is 14.3 Å². The Morgan fingerprint density at radius 3 is 2.45 bits per heavy atom. The van der Waals surface area contributed by atoms with Crippen LogP contribution in [0.25, 0.3) is 11.3 Å². The quantitative estimate of drug-likeness (QED) is 0.756. The van der Waals surface area contributed by atoms with Crippen LogP contribution in [0.3, 0.4) is 0 Å². The summed E-state index contributed by atoms with van der Waals surface area (Å²) in [6, 6.07) is 10.3. The Bertz CT molecular complexity index is 975. The molecule has 8 nitrogen and oxygen atoms in total. The van der Waals surface area contributed by atoms with Gasteiger partial charge in [0.05, 0.1) is 18.5 Å². The minimum atomic E-state index is -0.270. The summed E-state index contributed by atoms with van der Waals surface area (Å²) in [4.78, 5) is 31.2. The molecule has 2 aromatic rings. The molecule has 1 saturated carbocycles. The number of benzene rings is 1. The van der Waals surface area contributed by atoms with E-state index in [0.717, 1.165) is 50.2 Å². The number of nitrogens with one attached hydrogen (secondary N) is 1. The number of rotatable bonds is 5. The number of hydrogen-bond acceptors (Lipinski definition) is 5. The predicted molar refractivity (Wildman–Crippen MR) is 124 cm³/mol. The minimum absolute atomic E-state index is 0.155. The Morgan fingerprint density at radius 1 is 1.06 bits per heavy atom. The number of piperidine rings is 1. The molecule has 1 spiro atoms. The van der Waals surface area contributed by atoms with Gasteiger partial charge in [-0.2, -0.15) is 5.10 Å². The van der Waals surface area contributed by atoms with Crippen LogP contribution >= 0.6 is 0 Å². The van der Waals surface area contributed by atoms with Crippen molar-refractivity contribution in [2.75, 3.05) is 45.9 Å². The van der Waals surface area contributed by atoms with Gasteiger partial charge in [0.2, 0.25) is 5.91 Å². The zero-order valence-corrected chi connectivity index (χ0v) is 19.3. The first-order chi connectivity index (χ1) is 16.1. The molecule has 1 atom stereocenters. The van der Waals surface area contributed by atoms with Gasteiger partial charge >= 0.3 is 6.09 Å². The van der Waals surface area contributed by atoms with Crippen LogP contribution in [0.1, 0.15) is 31.7 Å². The first-order valence-electron chi connectivity index (χ1n) is 12.1. The zero-order chi connectivity index (χ0) is 22.8. The number of nitrogens with zero attached hydrogens (tertiary/aromatic N) is 4. The molecule has 1 aromatic carbocycles. The number of hydrogen-bond donors (Lipinski definition) is 1. The van der Waals surface area contributed by atoms with Gasteiger partial charge in [-0.3, -0.25) is 14.8 Å². The van der Waals surface area contributed by atoms with E-state index < -0.39 is 0 Å². The highest BCUT2D eigenvalue weighted by atomic mass is 16.6. The summed E-state index contributed by atoms with van der Waals surface area (Å²) in [5, 5.41) is 7.44. The average molecular weight is 452 g/mol. The molecule has 1 aliphatic carbocycles. The van der Waals surface area contributed by atoms with E-state index in [1.165, 1.54) is 5.56 Å². The summed E-state index contributed by atoms with van der Waals surface area (Å²) in [5.41, 5.74) is 3.66. The van der Waals surface area contributed by atoms with Gasteiger partial charge in [-0.15, -0.1) is 0 Å². The second-order valence-electron chi connectivity index (χ2n) is 9.54. The number of carbonyl (C=O) groups excluding carboxylic acids is 2. The maximum atomic E-state index is 13.1. The van der Waals surface area contributed by atoms with E-state index in [9.17, 15) is 9.59 Å². The number of carbonyl (C=O) groups is 2. The Morgan fingerprint density at radius 2 is 1.76 bits per heavy atom. The predicted octanol–water partition coefficient (Wildman–Crippen LogP) is 2.98. The third kappa shape index (κ3) is 4.49. The number of aromatic amines is 1. The second kappa shape index (κ2) is 9.17. The first-order valence-corrected chi connectivity index (χ1v) is 12.1. The van der Waals surface area contributed by atoms with Crippen molar-refractivity contribution in [1.82, 2.24) is 24.9 Å². The maximum absolute atomic E-state index is 13.1. The lowest BCUT2D eigenvalue weighted by molar-refractivity contribution is -0.135. The van der Waals surface area contributed by atoms with Crippen LogP contribution in [-0.4, -0.2) is 82.8 Å². The fourth-order valence-electron chi connectivity index (χ4n) is 5.48. The summed E-state index contributed by atoms with van der Waals surface area (Å²) in [5.74, 6) is 0.441. The molecule has 0 bridgehead atoms. The lowest BCUT2D eigenvalue weighted by atomic mass is 9.90. The molecule has 1 aromatic heterocycles. The van der Waals surface area contributed by atoms with Gasteiger partial charge < -0.3 is 14.5 Å². The van der Waals surface area contributed by atoms with Crippen molar-refractivity contribution in [3.63, 3.8) is 0 Å². The van der Waals surface area contributed by atoms with E-state index in [0.29, 0.717) is 32.8 Å². The van der Waals surface area contributed by atoms with Gasteiger partial charge in [0.25, 0.3) is 0 Å². The molecule has 3 aliphatic rings. The highest BCUT2D eigenvalue weighted by molar-refractivity contribution is 5.83. The topological polar surface area (TPSA) is 81.8 Å². The molecule has 2 saturated heterocycles. The van der Waals surface area contributed by atoms with E-state index in [2.05, 4.69) is 27.2 Å². The molecule has 5 rings (SSSR count). The van der Waals surface area contributed by atoms with E-state index in [1.807, 2.05) is 36.2 Å². The number of amides is 2. The number of piperazine rings is 1. The summed E-state index contributed by atoms with van der Waals surface area (Å²) < 4.78 is 5.08. The maximum Gasteiger partial charge on any atom is 0.409 e. The van der Waals surface area contributed by atoms with Crippen molar-refractivity contribution in [3.8, 4) is 11.3 Å². The number of likely N-dealkylation sites (tertiary alicyclic amines) is 1. The van der Waals surface area contributed by atoms with Crippen molar-refractivity contribution >= 4 is 12.0 Å². The first kappa shape index (κ1) is 21.9. The monoisotopic (exact) mass is 451 g/mol. The van der Waals surface area contributed by atoms with E-state index in [1.54, 1.807) is 4.90 Å². The molecule has 2 amide bonds. The van der Waals surface area contributed by atoms with Crippen LogP contribution < -0.4 is 0 Å². The molecule has 3 fully saturated rings. The Kier molecular flexibility index (Phi) is 6.10. The largest absolute Gasteiger partial charge is 0.450 e. The van der Waals surface area contributed by atoms with E-state index in [4.69, 9.17) is 4.74 Å². The van der Waals surface area contributed by atoms with Crippen LogP contribution in [0, 0.1) is 11.3 Å². The van der Waals surface area contributed by atoms with E-state index >= 15 is 0 Å². The SMILES string of the molecule is CCOC(=O)N1CCN(C(=O)[C@H]2CC23CCN(Cc2cn[nH]c2-c2ccccc2)CC3)CC1. The third-order valence-corrected chi connectivity index (χ3v) is 7.63. The van der Waals surface area contributed by atoms with Gasteiger partial charge in [-0.05, 0) is 50.3 Å². The molecule has 1 N–H and O–H groups in total. The average Bonchev–Trinajstić information content (AvgIpc) is 3.35. The molecular formula is C25H33N5O3. The van der Waals surface area contributed by atoms with Crippen LogP contribution in [0.4, 0.5) is 4.79 Å². The Balaban J connectivity index is 1.11. The van der Waals surface area contributed by atoms with Gasteiger partial charge in [-0.1, -0.05) is 30.3 Å². The number of H-pyrrole nitrogens is 1. The van der Waals surface area contributed by atoms with Crippen molar-refractivity contribution in [2.45, 2.75) is 32.7 Å². The van der Waals surface area contributed by atoms with Gasteiger partial charge in [0.1, 0.15) is 0 Å². The van der Waals surface area contributed by atoms with E-state index in [-0.39, 0.29) is 23.3 Å². The van der Waals surface area contributed by atoms with Crippen LogP contribution in [0.2, 0.25) is 0 Å². The lowest BCUT2D eigenvalue weighted by Crippen LogP contribution is -2.51. The molecule has 3 heterocycles. The van der Waals surface area contributed by atoms with Gasteiger partial charge in [0.15, 0.2) is 0 Å². The molecule has 2 aliphatic heterocycles. The fourth-order valence-corrected chi connectivity index (χ4v) is 5.48. The van der Waals surface area contributed by atoms with Gasteiger partial charge in [-0.25, -0.2) is 4.79 Å². The Hall–Kier alpha value is -2.87. The normalized spacial score (nSPS) is 22.4. The molecule has 0 unspecified atom stereocenters. The second-order valence-corrected chi connectivity index (χ2v) is 9.54. The Labute approximate surface area is 194 Å². The van der Waals surface area contributed by atoms with Crippen molar-refractivity contribution in [1.29, 1.82) is 0 Å². The molecule has 0 radical (unpaired) electrons. The number of aromatic nitrogens is 2. The lowest BCUT2D eigenvalue weighted by Gasteiger charge is -2.36. The summed E-state index contributed by atoms with van der Waals surface area (Å²) >= 11 is 0. The zero-order valence-electron chi connectivity index (χ0n) is 19.3. The van der Waals surface area contributed by atoms with Gasteiger partial charge in [0, 0.05) is 44.2 Å². The molecule has 8 heteroatoms. The third-order valence-electron chi connectivity index (χ3n) is 7.63. The van der Waals surface area contributed by atoms with Crippen LogP contribution in [0.5, 0.6) is 0 Å².